The molecule has 0 aliphatic rings. The summed E-state index contributed by atoms with van der Waals surface area (Å²) in [4.78, 5) is 0. The van der Waals surface area contributed by atoms with Gasteiger partial charge in [-0.15, -0.1) is 0 Å². The van der Waals surface area contributed by atoms with Gasteiger partial charge in [-0.2, -0.15) is 0 Å². The van der Waals surface area contributed by atoms with Gasteiger partial charge >= 0.3 is 0 Å². The van der Waals surface area contributed by atoms with Crippen LogP contribution in [-0.2, 0) is 18.9 Å². The molecule has 0 unspecified atom stereocenters. The molecular formula is C11H22O4. The van der Waals surface area contributed by atoms with Crippen LogP contribution in [0.3, 0.4) is 0 Å². The van der Waals surface area contributed by atoms with E-state index in [1.807, 2.05) is 0 Å². The standard InChI is InChI=1S/C11H22O4/c1-3-5-13-8-9-15-11-10-14-7-6-12-4-2/h4H,2-3,5-11H2,1H3. The van der Waals surface area contributed by atoms with E-state index in [9.17, 15) is 0 Å². The molecule has 0 aromatic rings. The molecule has 0 fully saturated rings. The summed E-state index contributed by atoms with van der Waals surface area (Å²) >= 11 is 0. The molecule has 0 saturated carbocycles. The van der Waals surface area contributed by atoms with Crippen molar-refractivity contribution in [2.24, 2.45) is 0 Å². The van der Waals surface area contributed by atoms with Gasteiger partial charge in [0.2, 0.25) is 0 Å². The van der Waals surface area contributed by atoms with Crippen molar-refractivity contribution < 1.29 is 18.9 Å². The maximum atomic E-state index is 5.28. The number of rotatable bonds is 12. The molecule has 0 aliphatic carbocycles. The van der Waals surface area contributed by atoms with Gasteiger partial charge < -0.3 is 18.9 Å². The van der Waals surface area contributed by atoms with Crippen molar-refractivity contribution in [3.8, 4) is 0 Å². The molecular weight excluding hydrogens is 196 g/mol. The van der Waals surface area contributed by atoms with Gasteiger partial charge in [0, 0.05) is 6.61 Å². The smallest absolute Gasteiger partial charge is 0.111 e. The van der Waals surface area contributed by atoms with Gasteiger partial charge in [-0.25, -0.2) is 0 Å². The van der Waals surface area contributed by atoms with Crippen LogP contribution in [0.25, 0.3) is 0 Å². The normalized spacial score (nSPS) is 10.2. The Kier molecular flexibility index (Phi) is 12.9. The van der Waals surface area contributed by atoms with Gasteiger partial charge in [-0.1, -0.05) is 13.5 Å². The minimum absolute atomic E-state index is 0.545. The Balaban J connectivity index is 2.83. The summed E-state index contributed by atoms with van der Waals surface area (Å²) in [7, 11) is 0. The molecule has 0 aliphatic heterocycles. The first-order chi connectivity index (χ1) is 7.41. The van der Waals surface area contributed by atoms with Crippen molar-refractivity contribution in [1.29, 1.82) is 0 Å². The van der Waals surface area contributed by atoms with Gasteiger partial charge in [0.25, 0.3) is 0 Å². The average molecular weight is 218 g/mol. The summed E-state index contributed by atoms with van der Waals surface area (Å²) in [5, 5.41) is 0. The fourth-order valence-electron chi connectivity index (χ4n) is 0.877. The van der Waals surface area contributed by atoms with Crippen LogP contribution in [0.15, 0.2) is 12.8 Å². The van der Waals surface area contributed by atoms with Crippen LogP contribution < -0.4 is 0 Å². The van der Waals surface area contributed by atoms with Crippen molar-refractivity contribution in [2.45, 2.75) is 13.3 Å². The predicted molar refractivity (Wildman–Crippen MR) is 58.9 cm³/mol. The summed E-state index contributed by atoms with van der Waals surface area (Å²) in [6, 6.07) is 0. The number of hydrogen-bond donors (Lipinski definition) is 0. The van der Waals surface area contributed by atoms with Crippen LogP contribution in [-0.4, -0.2) is 46.2 Å². The summed E-state index contributed by atoms with van der Waals surface area (Å²) in [6.45, 7) is 9.91. The van der Waals surface area contributed by atoms with Crippen molar-refractivity contribution in [2.75, 3.05) is 46.2 Å². The van der Waals surface area contributed by atoms with Gasteiger partial charge in [0.05, 0.1) is 39.3 Å². The zero-order valence-electron chi connectivity index (χ0n) is 9.57. The molecule has 0 heterocycles. The first kappa shape index (κ1) is 14.4. The second-order valence-electron chi connectivity index (χ2n) is 2.87. The molecule has 90 valence electrons. The van der Waals surface area contributed by atoms with E-state index in [2.05, 4.69) is 13.5 Å². The summed E-state index contributed by atoms with van der Waals surface area (Å²) < 4.78 is 20.6. The fourth-order valence-corrected chi connectivity index (χ4v) is 0.877. The zero-order valence-corrected chi connectivity index (χ0v) is 9.57. The molecule has 0 spiro atoms. The summed E-state index contributed by atoms with van der Waals surface area (Å²) in [5.74, 6) is 0. The van der Waals surface area contributed by atoms with E-state index in [0.717, 1.165) is 13.0 Å². The van der Waals surface area contributed by atoms with Crippen LogP contribution in [0, 0.1) is 0 Å². The highest BCUT2D eigenvalue weighted by Crippen LogP contribution is 1.83. The Bertz CT molecular complexity index is 128. The van der Waals surface area contributed by atoms with Gasteiger partial charge in [0.1, 0.15) is 6.61 Å². The summed E-state index contributed by atoms with van der Waals surface area (Å²) in [5.41, 5.74) is 0. The Labute approximate surface area is 92.2 Å². The molecule has 0 atom stereocenters. The highest BCUT2D eigenvalue weighted by atomic mass is 16.6. The quantitative estimate of drug-likeness (QED) is 0.368. The molecule has 0 aromatic heterocycles. The van der Waals surface area contributed by atoms with Gasteiger partial charge in [-0.3, -0.25) is 0 Å². The van der Waals surface area contributed by atoms with Crippen molar-refractivity contribution in [1.82, 2.24) is 0 Å². The molecule has 4 nitrogen and oxygen atoms in total. The molecule has 0 aromatic carbocycles. The van der Waals surface area contributed by atoms with Crippen molar-refractivity contribution >= 4 is 0 Å². The Hall–Kier alpha value is -0.580. The molecule has 0 saturated heterocycles. The lowest BCUT2D eigenvalue weighted by Gasteiger charge is -2.06. The third-order valence-corrected chi connectivity index (χ3v) is 1.56. The highest BCUT2D eigenvalue weighted by Gasteiger charge is 1.90. The lowest BCUT2D eigenvalue weighted by atomic mass is 10.5. The topological polar surface area (TPSA) is 36.9 Å². The molecule has 15 heavy (non-hydrogen) atoms. The monoisotopic (exact) mass is 218 g/mol. The maximum absolute atomic E-state index is 5.28. The summed E-state index contributed by atoms with van der Waals surface area (Å²) in [6.07, 6.45) is 2.46. The van der Waals surface area contributed by atoms with E-state index in [0.29, 0.717) is 39.6 Å². The van der Waals surface area contributed by atoms with E-state index in [1.165, 1.54) is 6.26 Å². The van der Waals surface area contributed by atoms with E-state index >= 15 is 0 Å². The molecule has 0 radical (unpaired) electrons. The molecule has 0 rings (SSSR count). The lowest BCUT2D eigenvalue weighted by molar-refractivity contribution is 0.00669. The van der Waals surface area contributed by atoms with Crippen LogP contribution in [0.4, 0.5) is 0 Å². The first-order valence-corrected chi connectivity index (χ1v) is 5.37. The SMILES string of the molecule is C=COCCOCCOCCOCCC. The van der Waals surface area contributed by atoms with Crippen LogP contribution in [0.1, 0.15) is 13.3 Å². The Morgan fingerprint density at radius 2 is 1.27 bits per heavy atom. The molecule has 4 heteroatoms. The van der Waals surface area contributed by atoms with Gasteiger partial charge in [-0.05, 0) is 6.42 Å². The minimum atomic E-state index is 0.545. The minimum Gasteiger partial charge on any atom is -0.499 e. The van der Waals surface area contributed by atoms with Crippen LogP contribution in [0.5, 0.6) is 0 Å². The maximum Gasteiger partial charge on any atom is 0.111 e. The second-order valence-corrected chi connectivity index (χ2v) is 2.87. The lowest BCUT2D eigenvalue weighted by Crippen LogP contribution is -2.11. The van der Waals surface area contributed by atoms with Crippen molar-refractivity contribution in [3.05, 3.63) is 12.8 Å². The average Bonchev–Trinajstić information content (AvgIpc) is 2.26. The third-order valence-electron chi connectivity index (χ3n) is 1.56. The molecule has 0 bridgehead atoms. The zero-order chi connectivity index (χ0) is 11.2. The van der Waals surface area contributed by atoms with Crippen molar-refractivity contribution in [3.63, 3.8) is 0 Å². The van der Waals surface area contributed by atoms with Crippen LogP contribution >= 0.6 is 0 Å². The molecule has 0 amide bonds. The number of ether oxygens (including phenoxy) is 4. The molecule has 0 N–H and O–H groups in total. The van der Waals surface area contributed by atoms with Crippen LogP contribution in [0.2, 0.25) is 0 Å². The fraction of sp³-hybridized carbons (Fsp3) is 0.818. The first-order valence-electron chi connectivity index (χ1n) is 5.37. The third kappa shape index (κ3) is 13.4. The Morgan fingerprint density at radius 1 is 0.800 bits per heavy atom. The predicted octanol–water partition coefficient (Wildman–Crippen LogP) is 1.61. The van der Waals surface area contributed by atoms with Gasteiger partial charge in [0.15, 0.2) is 0 Å². The van der Waals surface area contributed by atoms with E-state index in [-0.39, 0.29) is 0 Å². The van der Waals surface area contributed by atoms with E-state index in [4.69, 9.17) is 18.9 Å². The van der Waals surface area contributed by atoms with E-state index in [1.54, 1.807) is 0 Å². The Morgan fingerprint density at radius 3 is 1.73 bits per heavy atom. The second kappa shape index (κ2) is 13.4. The largest absolute Gasteiger partial charge is 0.499 e. The van der Waals surface area contributed by atoms with E-state index < -0.39 is 0 Å². The number of hydrogen-bond acceptors (Lipinski definition) is 4. The highest BCUT2D eigenvalue weighted by molar-refractivity contribution is 4.47.